The van der Waals surface area contributed by atoms with Gasteiger partial charge in [0.05, 0.1) is 17.0 Å². The van der Waals surface area contributed by atoms with Crippen LogP contribution in [0.4, 0.5) is 5.69 Å². The number of hydrogen-bond acceptors (Lipinski definition) is 4. The second-order valence-electron chi connectivity index (χ2n) is 8.37. The highest BCUT2D eigenvalue weighted by atomic mass is 79.9. The number of hydrogen-bond donors (Lipinski definition) is 2. The van der Waals surface area contributed by atoms with Crippen molar-refractivity contribution in [1.82, 2.24) is 9.62 Å². The van der Waals surface area contributed by atoms with Crippen molar-refractivity contribution < 1.29 is 18.0 Å². The molecule has 1 saturated heterocycles. The van der Waals surface area contributed by atoms with Gasteiger partial charge in [-0.05, 0) is 56.0 Å². The third kappa shape index (κ3) is 6.88. The van der Waals surface area contributed by atoms with Crippen molar-refractivity contribution in [2.24, 2.45) is 5.92 Å². The summed E-state index contributed by atoms with van der Waals surface area (Å²) in [6.07, 6.45) is 1.68. The molecule has 7 nitrogen and oxygen atoms in total. The average molecular weight is 536 g/mol. The van der Waals surface area contributed by atoms with Crippen LogP contribution < -0.4 is 10.6 Å². The molecule has 0 bridgehead atoms. The summed E-state index contributed by atoms with van der Waals surface area (Å²) in [6, 6.07) is 14.2. The number of piperidine rings is 1. The zero-order valence-electron chi connectivity index (χ0n) is 18.9. The largest absolute Gasteiger partial charge is 0.350 e. The maximum absolute atomic E-state index is 12.9. The van der Waals surface area contributed by atoms with Crippen molar-refractivity contribution in [3.63, 3.8) is 0 Å². The van der Waals surface area contributed by atoms with Crippen LogP contribution in [0.1, 0.15) is 49.0 Å². The fourth-order valence-corrected chi connectivity index (χ4v) is 5.53. The fourth-order valence-electron chi connectivity index (χ4n) is 3.71. The normalized spacial score (nSPS) is 16.2. The van der Waals surface area contributed by atoms with E-state index in [-0.39, 0.29) is 29.5 Å². The standard InChI is InChI=1S/C24H30BrN3O4S/c1-3-17(2)26-24(30)21-6-4-5-7-22(21)27-23(29)19-12-14-28(15-13-19)33(31,32)16-18-8-10-20(25)11-9-18/h4-11,17,19H,3,12-16H2,1-2H3,(H,26,30)(H,27,29). The van der Waals surface area contributed by atoms with Gasteiger partial charge in [-0.1, -0.05) is 47.1 Å². The molecule has 0 aromatic heterocycles. The number of carbonyl (C=O) groups is 2. The molecule has 1 fully saturated rings. The molecule has 0 saturated carbocycles. The summed E-state index contributed by atoms with van der Waals surface area (Å²) in [5, 5.41) is 5.80. The Bertz CT molecular complexity index is 1080. The number of carbonyl (C=O) groups excluding carboxylic acids is 2. The van der Waals surface area contributed by atoms with Gasteiger partial charge >= 0.3 is 0 Å². The molecule has 1 aliphatic rings. The fraction of sp³-hybridized carbons (Fsp3) is 0.417. The number of nitrogens with one attached hydrogen (secondary N) is 2. The van der Waals surface area contributed by atoms with Gasteiger partial charge in [-0.25, -0.2) is 12.7 Å². The highest BCUT2D eigenvalue weighted by molar-refractivity contribution is 9.10. The Morgan fingerprint density at radius 2 is 1.73 bits per heavy atom. The van der Waals surface area contributed by atoms with E-state index >= 15 is 0 Å². The van der Waals surface area contributed by atoms with Crippen LogP contribution in [0.25, 0.3) is 0 Å². The van der Waals surface area contributed by atoms with E-state index in [0.29, 0.717) is 37.2 Å². The lowest BCUT2D eigenvalue weighted by Gasteiger charge is -2.30. The summed E-state index contributed by atoms with van der Waals surface area (Å²) >= 11 is 3.35. The van der Waals surface area contributed by atoms with Gasteiger partial charge in [0.1, 0.15) is 0 Å². The summed E-state index contributed by atoms with van der Waals surface area (Å²) in [7, 11) is -3.46. The number of nitrogens with zero attached hydrogens (tertiary/aromatic N) is 1. The Kier molecular flexibility index (Phi) is 8.67. The predicted molar refractivity (Wildman–Crippen MR) is 133 cm³/mol. The summed E-state index contributed by atoms with van der Waals surface area (Å²) in [6.45, 7) is 4.52. The van der Waals surface area contributed by atoms with Crippen LogP contribution in [0.3, 0.4) is 0 Å². The number of anilines is 1. The SMILES string of the molecule is CCC(C)NC(=O)c1ccccc1NC(=O)C1CCN(S(=O)(=O)Cc2ccc(Br)cc2)CC1. The molecule has 0 spiro atoms. The van der Waals surface area contributed by atoms with Crippen LogP contribution in [0, 0.1) is 5.92 Å². The molecule has 2 aromatic rings. The van der Waals surface area contributed by atoms with Crippen LogP contribution >= 0.6 is 15.9 Å². The summed E-state index contributed by atoms with van der Waals surface area (Å²) in [5.41, 5.74) is 1.61. The van der Waals surface area contributed by atoms with Gasteiger partial charge in [-0.2, -0.15) is 0 Å². The number of amides is 2. The Morgan fingerprint density at radius 1 is 1.09 bits per heavy atom. The average Bonchev–Trinajstić information content (AvgIpc) is 2.80. The monoisotopic (exact) mass is 535 g/mol. The molecule has 2 aromatic carbocycles. The zero-order chi connectivity index (χ0) is 24.0. The molecule has 3 rings (SSSR count). The number of para-hydroxylation sites is 1. The van der Waals surface area contributed by atoms with Crippen molar-refractivity contribution >= 4 is 43.5 Å². The van der Waals surface area contributed by atoms with Crippen LogP contribution in [-0.2, 0) is 20.6 Å². The molecular weight excluding hydrogens is 506 g/mol. The molecule has 1 heterocycles. The van der Waals surface area contributed by atoms with Crippen molar-refractivity contribution in [2.45, 2.75) is 44.9 Å². The van der Waals surface area contributed by atoms with Crippen molar-refractivity contribution in [1.29, 1.82) is 0 Å². The first-order valence-corrected chi connectivity index (χ1v) is 13.5. The lowest BCUT2D eigenvalue weighted by Crippen LogP contribution is -2.42. The van der Waals surface area contributed by atoms with Crippen LogP contribution in [0.5, 0.6) is 0 Å². The minimum absolute atomic E-state index is 0.0324. The highest BCUT2D eigenvalue weighted by Crippen LogP contribution is 2.24. The minimum atomic E-state index is -3.46. The number of halogens is 1. The Hall–Kier alpha value is -2.23. The highest BCUT2D eigenvalue weighted by Gasteiger charge is 2.31. The third-order valence-corrected chi connectivity index (χ3v) is 8.28. The molecule has 0 aliphatic carbocycles. The molecule has 9 heteroatoms. The van der Waals surface area contributed by atoms with E-state index in [9.17, 15) is 18.0 Å². The number of benzene rings is 2. The maximum Gasteiger partial charge on any atom is 0.253 e. The summed E-state index contributed by atoms with van der Waals surface area (Å²) in [5.74, 6) is -0.789. The summed E-state index contributed by atoms with van der Waals surface area (Å²) < 4.78 is 28.0. The maximum atomic E-state index is 12.9. The van der Waals surface area contributed by atoms with Crippen LogP contribution in [0.15, 0.2) is 53.0 Å². The second-order valence-corrected chi connectivity index (χ2v) is 11.3. The summed E-state index contributed by atoms with van der Waals surface area (Å²) in [4.78, 5) is 25.5. The van der Waals surface area contributed by atoms with E-state index in [4.69, 9.17) is 0 Å². The zero-order valence-corrected chi connectivity index (χ0v) is 21.3. The van der Waals surface area contributed by atoms with E-state index < -0.39 is 10.0 Å². The Labute approximate surface area is 204 Å². The molecule has 178 valence electrons. The van der Waals surface area contributed by atoms with Crippen molar-refractivity contribution in [3.05, 3.63) is 64.1 Å². The molecule has 1 atom stereocenters. The first-order chi connectivity index (χ1) is 15.7. The van der Waals surface area contributed by atoms with E-state index in [1.807, 2.05) is 26.0 Å². The van der Waals surface area contributed by atoms with E-state index in [0.717, 1.165) is 16.5 Å². The Balaban J connectivity index is 1.59. The minimum Gasteiger partial charge on any atom is -0.350 e. The molecule has 1 aliphatic heterocycles. The molecule has 2 N–H and O–H groups in total. The van der Waals surface area contributed by atoms with Crippen molar-refractivity contribution in [3.8, 4) is 0 Å². The Morgan fingerprint density at radius 3 is 2.36 bits per heavy atom. The quantitative estimate of drug-likeness (QED) is 0.530. The van der Waals surface area contributed by atoms with Gasteiger partial charge in [-0.3, -0.25) is 9.59 Å². The van der Waals surface area contributed by atoms with E-state index in [2.05, 4.69) is 26.6 Å². The molecule has 2 amide bonds. The van der Waals surface area contributed by atoms with E-state index in [1.54, 1.807) is 36.4 Å². The van der Waals surface area contributed by atoms with Gasteiger partial charge < -0.3 is 10.6 Å². The smallest absolute Gasteiger partial charge is 0.253 e. The van der Waals surface area contributed by atoms with Crippen molar-refractivity contribution in [2.75, 3.05) is 18.4 Å². The molecule has 33 heavy (non-hydrogen) atoms. The van der Waals surface area contributed by atoms with Gasteiger partial charge in [0, 0.05) is 29.5 Å². The van der Waals surface area contributed by atoms with Gasteiger partial charge in [0.15, 0.2) is 0 Å². The van der Waals surface area contributed by atoms with E-state index in [1.165, 1.54) is 4.31 Å². The first-order valence-electron chi connectivity index (χ1n) is 11.1. The predicted octanol–water partition coefficient (Wildman–Crippen LogP) is 4.16. The number of rotatable bonds is 8. The molecule has 1 unspecified atom stereocenters. The van der Waals surface area contributed by atoms with Crippen LogP contribution in [-0.4, -0.2) is 43.7 Å². The number of sulfonamides is 1. The van der Waals surface area contributed by atoms with Gasteiger partial charge in [0.2, 0.25) is 15.9 Å². The lowest BCUT2D eigenvalue weighted by atomic mass is 9.97. The lowest BCUT2D eigenvalue weighted by molar-refractivity contribution is -0.120. The topological polar surface area (TPSA) is 95.6 Å². The van der Waals surface area contributed by atoms with Gasteiger partial charge in [0.25, 0.3) is 5.91 Å². The molecular formula is C24H30BrN3O4S. The third-order valence-electron chi connectivity index (χ3n) is 5.90. The van der Waals surface area contributed by atoms with Crippen LogP contribution in [0.2, 0.25) is 0 Å². The van der Waals surface area contributed by atoms with Gasteiger partial charge in [-0.15, -0.1) is 0 Å². The second kappa shape index (κ2) is 11.3. The molecule has 0 radical (unpaired) electrons. The first kappa shape index (κ1) is 25.4.